The lowest BCUT2D eigenvalue weighted by Gasteiger charge is -2.01. The van der Waals surface area contributed by atoms with Gasteiger partial charge in [0.1, 0.15) is 11.7 Å². The smallest absolute Gasteiger partial charge is 0.180 e. The molecule has 1 radical (unpaired) electrons. The fourth-order valence-electron chi connectivity index (χ4n) is 1.92. The van der Waals surface area contributed by atoms with Crippen LogP contribution in [0, 0.1) is 6.20 Å². The Kier molecular flexibility index (Phi) is 1.71. The number of hydrogen-bond donors (Lipinski definition) is 1. The number of fused-ring (bicyclic) bond motifs is 2. The second-order valence-corrected chi connectivity index (χ2v) is 3.82. The van der Waals surface area contributed by atoms with E-state index < -0.39 is 0 Å². The number of nitrogens with zero attached hydrogens (tertiary/aromatic N) is 6. The van der Waals surface area contributed by atoms with Gasteiger partial charge in [0, 0.05) is 11.1 Å². The van der Waals surface area contributed by atoms with Crippen LogP contribution in [0.4, 0.5) is 0 Å². The summed E-state index contributed by atoms with van der Waals surface area (Å²) >= 11 is 0. The minimum Gasteiger partial charge on any atom is -0.258 e. The molecule has 3 heterocycles. The summed E-state index contributed by atoms with van der Waals surface area (Å²) in [5.41, 5.74) is 4.16. The van der Waals surface area contributed by atoms with Crippen molar-refractivity contribution in [3.05, 3.63) is 36.5 Å². The number of benzene rings is 1. The number of aromatic nitrogens is 7. The zero-order valence-corrected chi connectivity index (χ0v) is 9.07. The summed E-state index contributed by atoms with van der Waals surface area (Å²) in [7, 11) is 0. The highest BCUT2D eigenvalue weighted by molar-refractivity contribution is 5.90. The normalized spacial score (nSPS) is 11.3. The summed E-state index contributed by atoms with van der Waals surface area (Å²) in [4.78, 5) is 0. The van der Waals surface area contributed by atoms with Crippen LogP contribution < -0.4 is 0 Å². The second-order valence-electron chi connectivity index (χ2n) is 3.82. The van der Waals surface area contributed by atoms with E-state index in [2.05, 4.69) is 37.1 Å². The minimum absolute atomic E-state index is 0.658. The van der Waals surface area contributed by atoms with E-state index in [9.17, 15) is 0 Å². The van der Waals surface area contributed by atoms with E-state index in [0.717, 1.165) is 22.2 Å². The molecule has 0 fully saturated rings. The van der Waals surface area contributed by atoms with Crippen LogP contribution in [-0.4, -0.2) is 35.5 Å². The first-order chi connectivity index (χ1) is 8.92. The van der Waals surface area contributed by atoms with Crippen molar-refractivity contribution in [2.75, 3.05) is 0 Å². The molecule has 1 aromatic carbocycles. The first-order valence-electron chi connectivity index (χ1n) is 5.32. The van der Waals surface area contributed by atoms with Gasteiger partial charge in [0.15, 0.2) is 5.65 Å². The first-order valence-corrected chi connectivity index (χ1v) is 5.32. The molecule has 0 saturated carbocycles. The van der Waals surface area contributed by atoms with Gasteiger partial charge in [-0.25, -0.2) is 0 Å². The number of hydrogen-bond acceptors (Lipinski definition) is 5. The van der Waals surface area contributed by atoms with Crippen molar-refractivity contribution >= 4 is 16.7 Å². The molecule has 4 rings (SSSR count). The molecular weight excluding hydrogens is 230 g/mol. The zero-order chi connectivity index (χ0) is 11.9. The Hall–Kier alpha value is -2.83. The Bertz CT molecular complexity index is 844. The van der Waals surface area contributed by atoms with Crippen LogP contribution in [0.15, 0.2) is 30.3 Å². The molecule has 7 heteroatoms. The first kappa shape index (κ1) is 9.23. The number of aromatic amines is 1. The van der Waals surface area contributed by atoms with Crippen LogP contribution in [-0.2, 0) is 0 Å². The average Bonchev–Trinajstić information content (AvgIpc) is 3.05. The van der Waals surface area contributed by atoms with Gasteiger partial charge in [-0.2, -0.15) is 4.52 Å². The van der Waals surface area contributed by atoms with Crippen molar-refractivity contribution < 1.29 is 0 Å². The van der Waals surface area contributed by atoms with Gasteiger partial charge >= 0.3 is 0 Å². The molecule has 0 atom stereocenters. The Morgan fingerprint density at radius 3 is 3.11 bits per heavy atom. The maximum Gasteiger partial charge on any atom is 0.180 e. The van der Waals surface area contributed by atoms with Crippen LogP contribution in [0.1, 0.15) is 0 Å². The Morgan fingerprint density at radius 1 is 1.11 bits per heavy atom. The standard InChI is InChI=1S/C11H6N7/c1-2-8(11-9(3-1)12-15-14-11)7-4-5-10-13-16-17-18(10)6-7/h1-5H,(H,12,14,15). The SMILES string of the molecule is [c]1c(-c2cccc3[nH]nnc23)ccc2nnnn12. The number of tetrazole rings is 1. The van der Waals surface area contributed by atoms with Crippen molar-refractivity contribution in [3.63, 3.8) is 0 Å². The summed E-state index contributed by atoms with van der Waals surface area (Å²) < 4.78 is 1.51. The highest BCUT2D eigenvalue weighted by Gasteiger charge is 2.08. The number of H-pyrrole nitrogens is 1. The highest BCUT2D eigenvalue weighted by atomic mass is 15.5. The molecule has 4 aromatic rings. The number of nitrogens with one attached hydrogen (secondary N) is 1. The third-order valence-electron chi connectivity index (χ3n) is 2.77. The third kappa shape index (κ3) is 1.21. The molecule has 7 nitrogen and oxygen atoms in total. The molecule has 0 aliphatic carbocycles. The van der Waals surface area contributed by atoms with Crippen molar-refractivity contribution in [1.29, 1.82) is 0 Å². The summed E-state index contributed by atoms with van der Waals surface area (Å²) in [6.07, 6.45) is 3.10. The van der Waals surface area contributed by atoms with Crippen LogP contribution >= 0.6 is 0 Å². The zero-order valence-electron chi connectivity index (χ0n) is 9.07. The summed E-state index contributed by atoms with van der Waals surface area (Å²) in [6.45, 7) is 0. The number of rotatable bonds is 1. The quantitative estimate of drug-likeness (QED) is 0.530. The summed E-state index contributed by atoms with van der Waals surface area (Å²) in [5, 5.41) is 22.0. The Labute approximate surface area is 100 Å². The van der Waals surface area contributed by atoms with E-state index in [-0.39, 0.29) is 0 Å². The largest absolute Gasteiger partial charge is 0.258 e. The van der Waals surface area contributed by atoms with Gasteiger partial charge in [0.25, 0.3) is 0 Å². The molecule has 1 N–H and O–H groups in total. The van der Waals surface area contributed by atoms with E-state index >= 15 is 0 Å². The lowest BCUT2D eigenvalue weighted by atomic mass is 10.1. The molecule has 0 bridgehead atoms. The highest BCUT2D eigenvalue weighted by Crippen LogP contribution is 2.25. The van der Waals surface area contributed by atoms with Gasteiger partial charge in [-0.3, -0.25) is 5.10 Å². The molecule has 0 amide bonds. The molecular formula is C11H6N7. The predicted molar refractivity (Wildman–Crippen MR) is 62.5 cm³/mol. The van der Waals surface area contributed by atoms with Crippen molar-refractivity contribution in [2.24, 2.45) is 0 Å². The summed E-state index contributed by atoms with van der Waals surface area (Å²) in [6, 6.07) is 9.58. The average molecular weight is 236 g/mol. The Morgan fingerprint density at radius 2 is 2.11 bits per heavy atom. The Balaban J connectivity index is 2.03. The minimum atomic E-state index is 0.658. The van der Waals surface area contributed by atoms with E-state index in [4.69, 9.17) is 0 Å². The van der Waals surface area contributed by atoms with Gasteiger partial charge < -0.3 is 0 Å². The van der Waals surface area contributed by atoms with Crippen LogP contribution in [0.2, 0.25) is 0 Å². The van der Waals surface area contributed by atoms with Gasteiger partial charge in [-0.05, 0) is 28.6 Å². The van der Waals surface area contributed by atoms with Gasteiger partial charge in [0.2, 0.25) is 0 Å². The van der Waals surface area contributed by atoms with Crippen LogP contribution in [0.5, 0.6) is 0 Å². The molecule has 85 valence electrons. The topological polar surface area (TPSA) is 84.6 Å². The molecule has 0 saturated heterocycles. The molecule has 0 unspecified atom stereocenters. The third-order valence-corrected chi connectivity index (χ3v) is 2.77. The number of pyridine rings is 1. The van der Waals surface area contributed by atoms with Crippen LogP contribution in [0.25, 0.3) is 27.8 Å². The second kappa shape index (κ2) is 3.33. The van der Waals surface area contributed by atoms with Gasteiger partial charge in [-0.1, -0.05) is 17.3 Å². The van der Waals surface area contributed by atoms with Crippen molar-refractivity contribution in [3.8, 4) is 11.1 Å². The van der Waals surface area contributed by atoms with Crippen molar-refractivity contribution in [1.82, 2.24) is 35.5 Å². The van der Waals surface area contributed by atoms with Gasteiger partial charge in [0.05, 0.1) is 5.52 Å². The molecule has 0 aliphatic heterocycles. The lowest BCUT2D eigenvalue weighted by molar-refractivity contribution is 0.820. The lowest BCUT2D eigenvalue weighted by Crippen LogP contribution is -1.90. The van der Waals surface area contributed by atoms with E-state index in [0.29, 0.717) is 5.65 Å². The fourth-order valence-corrected chi connectivity index (χ4v) is 1.92. The fraction of sp³-hybridized carbons (Fsp3) is 0. The molecule has 0 spiro atoms. The summed E-state index contributed by atoms with van der Waals surface area (Å²) in [5.74, 6) is 0. The van der Waals surface area contributed by atoms with E-state index in [1.54, 1.807) is 0 Å². The van der Waals surface area contributed by atoms with E-state index in [1.807, 2.05) is 30.3 Å². The molecule has 18 heavy (non-hydrogen) atoms. The molecule has 3 aromatic heterocycles. The van der Waals surface area contributed by atoms with Gasteiger partial charge in [-0.15, -0.1) is 10.2 Å². The maximum atomic E-state index is 4.08. The monoisotopic (exact) mass is 236 g/mol. The maximum absolute atomic E-state index is 4.08. The van der Waals surface area contributed by atoms with Crippen molar-refractivity contribution in [2.45, 2.75) is 0 Å². The molecule has 0 aliphatic rings. The van der Waals surface area contributed by atoms with E-state index in [1.165, 1.54) is 4.52 Å². The van der Waals surface area contributed by atoms with Crippen LogP contribution in [0.3, 0.4) is 0 Å². The predicted octanol–water partition coefficient (Wildman–Crippen LogP) is 0.863.